The summed E-state index contributed by atoms with van der Waals surface area (Å²) >= 11 is 0. The number of amides is 1. The van der Waals surface area contributed by atoms with E-state index in [0.29, 0.717) is 18.7 Å². The van der Waals surface area contributed by atoms with Crippen LogP contribution in [0, 0.1) is 12.3 Å². The number of aliphatic imine (C=N–C) groups is 1. The van der Waals surface area contributed by atoms with Crippen molar-refractivity contribution in [2.75, 3.05) is 13.7 Å². The zero-order valence-corrected chi connectivity index (χ0v) is 17.8. The number of nitrogens with two attached hydrogens (primary N) is 1. The summed E-state index contributed by atoms with van der Waals surface area (Å²) in [5, 5.41) is 8.63. The van der Waals surface area contributed by atoms with Crippen molar-refractivity contribution in [3.63, 3.8) is 0 Å². The molecule has 160 valence electrons. The number of hydrogen-bond acceptors (Lipinski definition) is 5. The van der Waals surface area contributed by atoms with Gasteiger partial charge in [0.2, 0.25) is 0 Å². The largest absolute Gasteiger partial charge is 0.492 e. The lowest BCUT2D eigenvalue weighted by Crippen LogP contribution is -2.13. The van der Waals surface area contributed by atoms with E-state index in [-0.39, 0.29) is 5.69 Å². The number of nitrogens with zero attached hydrogens (tertiary/aromatic N) is 4. The Kier molecular flexibility index (Phi) is 5.73. The number of primary amides is 1. The van der Waals surface area contributed by atoms with Crippen LogP contribution in [0.3, 0.4) is 0 Å². The molecule has 3 aromatic heterocycles. The molecule has 0 bridgehead atoms. The number of ether oxygens (including phenoxy) is 1. The minimum absolute atomic E-state index is 0.163. The van der Waals surface area contributed by atoms with Crippen LogP contribution in [0.15, 0.2) is 53.8 Å². The van der Waals surface area contributed by atoms with Gasteiger partial charge in [-0.25, -0.2) is 4.98 Å². The first kappa shape index (κ1) is 20.9. The Morgan fingerprint density at radius 3 is 3.00 bits per heavy atom. The fraction of sp³-hybridized carbons (Fsp3) is 0.167. The Morgan fingerprint density at radius 2 is 2.25 bits per heavy atom. The number of aryl methyl sites for hydroxylation is 1. The molecule has 0 aliphatic heterocycles. The van der Waals surface area contributed by atoms with Gasteiger partial charge in [0.05, 0.1) is 18.3 Å². The Balaban J connectivity index is 1.79. The lowest BCUT2D eigenvalue weighted by molar-refractivity contribution is 0.0996. The predicted octanol–water partition coefficient (Wildman–Crippen LogP) is 3.24. The number of H-pyrrole nitrogens is 1. The molecule has 32 heavy (non-hydrogen) atoms. The maximum Gasteiger partial charge on any atom is 0.267 e. The average Bonchev–Trinajstić information content (AvgIpc) is 3.40. The fourth-order valence-corrected chi connectivity index (χ4v) is 3.69. The van der Waals surface area contributed by atoms with Gasteiger partial charge < -0.3 is 15.0 Å². The molecule has 3 heterocycles. The first-order chi connectivity index (χ1) is 15.5. The Labute approximate surface area is 184 Å². The second-order valence-electron chi connectivity index (χ2n) is 7.17. The van der Waals surface area contributed by atoms with Crippen LogP contribution >= 0.6 is 0 Å². The molecule has 0 aliphatic carbocycles. The Morgan fingerprint density at radius 1 is 1.41 bits per heavy atom. The van der Waals surface area contributed by atoms with Gasteiger partial charge in [-0.1, -0.05) is 12.0 Å². The highest BCUT2D eigenvalue weighted by Gasteiger charge is 2.19. The molecular formula is C24H22N6O2. The van der Waals surface area contributed by atoms with Gasteiger partial charge in [0.15, 0.2) is 5.65 Å². The van der Waals surface area contributed by atoms with Gasteiger partial charge in [-0.05, 0) is 35.9 Å². The normalized spacial score (nSPS) is 12.0. The van der Waals surface area contributed by atoms with Crippen molar-refractivity contribution in [3.8, 4) is 29.2 Å². The van der Waals surface area contributed by atoms with E-state index in [2.05, 4.69) is 26.1 Å². The van der Waals surface area contributed by atoms with Gasteiger partial charge in [-0.15, -0.1) is 6.42 Å². The average molecular weight is 426 g/mol. The number of terminal acetylenes is 1. The highest BCUT2D eigenvalue weighted by molar-refractivity contribution is 6.08. The molecule has 4 rings (SSSR count). The highest BCUT2D eigenvalue weighted by Crippen LogP contribution is 2.39. The van der Waals surface area contributed by atoms with E-state index in [1.807, 2.05) is 36.0 Å². The number of benzene rings is 1. The predicted molar refractivity (Wildman–Crippen MR) is 126 cm³/mol. The van der Waals surface area contributed by atoms with Crippen LogP contribution in [0.25, 0.3) is 33.1 Å². The molecule has 0 unspecified atom stereocenters. The van der Waals surface area contributed by atoms with E-state index in [1.165, 1.54) is 0 Å². The standard InChI is InChI=1S/C24H22N6O2/c1-4-5-7-15(26-2)10-11-32-21-9-6-8-20-22(21)18(14-30(20)3)16-12-19(23(25)31)28-24-17(16)13-27-29-24/h1,5-9,12-14H,10-11H2,2-3H3,(H2,25,31)(H,27,28,29)/b7-5-,26-15?. The lowest BCUT2D eigenvalue weighted by atomic mass is 10.0. The summed E-state index contributed by atoms with van der Waals surface area (Å²) in [4.78, 5) is 20.4. The molecule has 0 spiro atoms. The smallest absolute Gasteiger partial charge is 0.267 e. The minimum atomic E-state index is -0.606. The van der Waals surface area contributed by atoms with E-state index < -0.39 is 5.91 Å². The van der Waals surface area contributed by atoms with Crippen molar-refractivity contribution >= 4 is 33.6 Å². The molecule has 0 saturated carbocycles. The molecule has 4 aromatic rings. The van der Waals surface area contributed by atoms with Gasteiger partial charge in [0.25, 0.3) is 5.91 Å². The van der Waals surface area contributed by atoms with Gasteiger partial charge >= 0.3 is 0 Å². The van der Waals surface area contributed by atoms with Crippen molar-refractivity contribution in [2.24, 2.45) is 17.8 Å². The maximum absolute atomic E-state index is 11.9. The topological polar surface area (TPSA) is 111 Å². The van der Waals surface area contributed by atoms with Gasteiger partial charge in [-0.3, -0.25) is 14.9 Å². The van der Waals surface area contributed by atoms with Crippen LogP contribution < -0.4 is 10.5 Å². The third-order valence-corrected chi connectivity index (χ3v) is 5.22. The Hall–Kier alpha value is -4.38. The monoisotopic (exact) mass is 426 g/mol. The second kappa shape index (κ2) is 8.78. The minimum Gasteiger partial charge on any atom is -0.492 e. The van der Waals surface area contributed by atoms with Crippen molar-refractivity contribution in [3.05, 3.63) is 54.5 Å². The number of fused-ring (bicyclic) bond motifs is 2. The number of aromatic amines is 1. The van der Waals surface area contributed by atoms with E-state index in [0.717, 1.165) is 38.9 Å². The first-order valence-electron chi connectivity index (χ1n) is 9.97. The van der Waals surface area contributed by atoms with Crippen LogP contribution in [-0.2, 0) is 7.05 Å². The summed E-state index contributed by atoms with van der Waals surface area (Å²) in [6, 6.07) is 7.58. The molecule has 1 amide bonds. The van der Waals surface area contributed by atoms with Crippen molar-refractivity contribution in [2.45, 2.75) is 6.42 Å². The summed E-state index contributed by atoms with van der Waals surface area (Å²) < 4.78 is 8.18. The molecule has 1 aromatic carbocycles. The maximum atomic E-state index is 11.9. The third kappa shape index (κ3) is 3.84. The summed E-state index contributed by atoms with van der Waals surface area (Å²) in [6.07, 6.45) is 13.0. The lowest BCUT2D eigenvalue weighted by Gasteiger charge is -2.10. The van der Waals surface area contributed by atoms with E-state index >= 15 is 0 Å². The number of nitrogens with one attached hydrogen (secondary N) is 1. The fourth-order valence-electron chi connectivity index (χ4n) is 3.69. The van der Waals surface area contributed by atoms with Gasteiger partial charge in [-0.2, -0.15) is 5.10 Å². The quantitative estimate of drug-likeness (QED) is 0.349. The molecular weight excluding hydrogens is 404 g/mol. The van der Waals surface area contributed by atoms with Gasteiger partial charge in [0, 0.05) is 48.8 Å². The summed E-state index contributed by atoms with van der Waals surface area (Å²) in [7, 11) is 3.69. The number of carbonyl (C=O) groups is 1. The summed E-state index contributed by atoms with van der Waals surface area (Å²) in [5.74, 6) is 2.59. The summed E-state index contributed by atoms with van der Waals surface area (Å²) in [5.41, 5.74) is 9.71. The molecule has 0 aliphatic rings. The summed E-state index contributed by atoms with van der Waals surface area (Å²) in [6.45, 7) is 0.430. The molecule has 0 fully saturated rings. The first-order valence-corrected chi connectivity index (χ1v) is 9.97. The number of carbonyl (C=O) groups excluding carboxylic acids is 1. The SMILES string of the molecule is C#C/C=C\C(CCOc1cccc2c1c(-c1cc(C(N)=O)nc3[nH]ncc13)cn2C)=NC. The molecule has 0 atom stereocenters. The van der Waals surface area contributed by atoms with Crippen molar-refractivity contribution in [1.82, 2.24) is 19.7 Å². The second-order valence-corrected chi connectivity index (χ2v) is 7.17. The number of pyridine rings is 1. The number of rotatable bonds is 7. The molecule has 8 heteroatoms. The van der Waals surface area contributed by atoms with Crippen molar-refractivity contribution < 1.29 is 9.53 Å². The van der Waals surface area contributed by atoms with Crippen LogP contribution in [0.4, 0.5) is 0 Å². The van der Waals surface area contributed by atoms with E-state index in [4.69, 9.17) is 16.9 Å². The number of hydrogen-bond donors (Lipinski definition) is 2. The van der Waals surface area contributed by atoms with Crippen LogP contribution in [-0.4, -0.2) is 45.0 Å². The third-order valence-electron chi connectivity index (χ3n) is 5.22. The van der Waals surface area contributed by atoms with E-state index in [1.54, 1.807) is 31.5 Å². The van der Waals surface area contributed by atoms with E-state index in [9.17, 15) is 4.79 Å². The molecule has 8 nitrogen and oxygen atoms in total. The number of allylic oxidation sites excluding steroid dienone is 2. The zero-order valence-electron chi connectivity index (χ0n) is 17.8. The van der Waals surface area contributed by atoms with Crippen LogP contribution in [0.5, 0.6) is 5.75 Å². The Bertz CT molecular complexity index is 1420. The molecule has 3 N–H and O–H groups in total. The van der Waals surface area contributed by atoms with Crippen molar-refractivity contribution in [1.29, 1.82) is 0 Å². The van der Waals surface area contributed by atoms with Crippen LogP contribution in [0.2, 0.25) is 0 Å². The zero-order chi connectivity index (χ0) is 22.7. The molecule has 0 saturated heterocycles. The molecule has 0 radical (unpaired) electrons. The number of aromatic nitrogens is 4. The van der Waals surface area contributed by atoms with Gasteiger partial charge in [0.1, 0.15) is 11.4 Å². The van der Waals surface area contributed by atoms with Crippen LogP contribution in [0.1, 0.15) is 16.9 Å². The highest BCUT2D eigenvalue weighted by atomic mass is 16.5.